The molecule has 7 heteroatoms. The van der Waals surface area contributed by atoms with Gasteiger partial charge in [0.2, 0.25) is 5.91 Å². The Hall–Kier alpha value is -2.54. The summed E-state index contributed by atoms with van der Waals surface area (Å²) in [6.45, 7) is 2.24. The second-order valence-electron chi connectivity index (χ2n) is 6.16. The van der Waals surface area contributed by atoms with Gasteiger partial charge < -0.3 is 10.2 Å². The van der Waals surface area contributed by atoms with Gasteiger partial charge in [-0.3, -0.25) is 9.78 Å². The molecule has 0 atom stereocenters. The van der Waals surface area contributed by atoms with Crippen LogP contribution in [0.4, 0.5) is 5.13 Å². The largest absolute Gasteiger partial charge is 0.352 e. The molecule has 0 bridgehead atoms. The Morgan fingerprint density at radius 2 is 2.08 bits per heavy atom. The lowest BCUT2D eigenvalue weighted by Crippen LogP contribution is -2.40. The lowest BCUT2D eigenvalue weighted by atomic mass is 9.96. The van der Waals surface area contributed by atoms with E-state index in [4.69, 9.17) is 0 Å². The maximum absolute atomic E-state index is 12.4. The van der Waals surface area contributed by atoms with Gasteiger partial charge in [-0.25, -0.2) is 9.97 Å². The highest BCUT2D eigenvalue weighted by atomic mass is 32.1. The molecule has 1 N–H and O–H groups in total. The van der Waals surface area contributed by atoms with E-state index in [1.807, 2.05) is 24.3 Å². The summed E-state index contributed by atoms with van der Waals surface area (Å²) < 4.78 is 0. The van der Waals surface area contributed by atoms with Crippen molar-refractivity contribution in [3.63, 3.8) is 0 Å². The van der Waals surface area contributed by atoms with Gasteiger partial charge in [-0.05, 0) is 36.6 Å². The van der Waals surface area contributed by atoms with Gasteiger partial charge in [0.1, 0.15) is 10.3 Å². The van der Waals surface area contributed by atoms with Crippen molar-refractivity contribution in [1.82, 2.24) is 20.3 Å². The summed E-state index contributed by atoms with van der Waals surface area (Å²) in [5, 5.41) is 4.03. The third-order valence-corrected chi connectivity index (χ3v) is 5.52. The number of aromatic nitrogens is 3. The number of anilines is 1. The number of nitrogens with one attached hydrogen (secondary N) is 1. The maximum Gasteiger partial charge on any atom is 0.223 e. The van der Waals surface area contributed by atoms with Crippen molar-refractivity contribution in [3.05, 3.63) is 48.4 Å². The van der Waals surface area contributed by atoms with E-state index in [2.05, 4.69) is 25.2 Å². The van der Waals surface area contributed by atoms with Gasteiger partial charge in [-0.2, -0.15) is 0 Å². The van der Waals surface area contributed by atoms with Gasteiger partial charge in [-0.1, -0.05) is 17.4 Å². The van der Waals surface area contributed by atoms with Gasteiger partial charge in [0.25, 0.3) is 0 Å². The molecule has 1 saturated heterocycles. The highest BCUT2D eigenvalue weighted by Crippen LogP contribution is 2.30. The Kier molecular flexibility index (Phi) is 4.56. The molecule has 1 aliphatic rings. The zero-order valence-electron chi connectivity index (χ0n) is 13.8. The summed E-state index contributed by atoms with van der Waals surface area (Å²) in [5.41, 5.74) is 1.97. The summed E-state index contributed by atoms with van der Waals surface area (Å²) >= 11 is 1.62. The minimum absolute atomic E-state index is 0.0698. The third kappa shape index (κ3) is 3.61. The molecule has 3 aromatic rings. The van der Waals surface area contributed by atoms with Crippen LogP contribution in [0.3, 0.4) is 0 Å². The number of pyridine rings is 2. The van der Waals surface area contributed by atoms with E-state index in [1.165, 1.54) is 0 Å². The van der Waals surface area contributed by atoms with Crippen LogP contribution >= 0.6 is 11.3 Å². The van der Waals surface area contributed by atoms with Crippen molar-refractivity contribution in [2.75, 3.05) is 18.0 Å². The molecule has 0 unspecified atom stereocenters. The van der Waals surface area contributed by atoms with Gasteiger partial charge >= 0.3 is 0 Å². The average Bonchev–Trinajstić information content (AvgIpc) is 3.11. The molecule has 25 heavy (non-hydrogen) atoms. The van der Waals surface area contributed by atoms with Gasteiger partial charge in [0, 0.05) is 44.1 Å². The Labute approximate surface area is 149 Å². The number of carbonyl (C=O) groups is 1. The number of thiazole rings is 1. The first-order valence-corrected chi connectivity index (χ1v) is 9.24. The molecular weight excluding hydrogens is 334 g/mol. The second-order valence-corrected chi connectivity index (χ2v) is 7.12. The topological polar surface area (TPSA) is 71.0 Å². The van der Waals surface area contributed by atoms with Crippen LogP contribution < -0.4 is 10.2 Å². The van der Waals surface area contributed by atoms with Crippen LogP contribution in [-0.2, 0) is 11.3 Å². The minimum atomic E-state index is 0.0698. The van der Waals surface area contributed by atoms with E-state index in [1.54, 1.807) is 29.9 Å². The molecule has 128 valence electrons. The Morgan fingerprint density at radius 3 is 2.84 bits per heavy atom. The highest BCUT2D eigenvalue weighted by molar-refractivity contribution is 7.21. The molecule has 3 aromatic heterocycles. The Bertz CT molecular complexity index is 825. The monoisotopic (exact) mass is 353 g/mol. The highest BCUT2D eigenvalue weighted by Gasteiger charge is 2.26. The molecular formula is C18H19N5OS. The van der Waals surface area contributed by atoms with E-state index >= 15 is 0 Å². The average molecular weight is 353 g/mol. The number of hydrogen-bond donors (Lipinski definition) is 1. The van der Waals surface area contributed by atoms with Crippen LogP contribution in [0.15, 0.2) is 42.9 Å². The van der Waals surface area contributed by atoms with Crippen LogP contribution in [0.1, 0.15) is 18.4 Å². The number of fused-ring (bicyclic) bond motifs is 1. The quantitative estimate of drug-likeness (QED) is 0.781. The number of hydrogen-bond acceptors (Lipinski definition) is 6. The van der Waals surface area contributed by atoms with E-state index in [9.17, 15) is 4.79 Å². The smallest absolute Gasteiger partial charge is 0.223 e. The van der Waals surface area contributed by atoms with Crippen molar-refractivity contribution < 1.29 is 4.79 Å². The van der Waals surface area contributed by atoms with Crippen LogP contribution in [0, 0.1) is 5.92 Å². The Morgan fingerprint density at radius 1 is 1.24 bits per heavy atom. The van der Waals surface area contributed by atoms with Crippen molar-refractivity contribution in [3.8, 4) is 0 Å². The van der Waals surface area contributed by atoms with E-state index < -0.39 is 0 Å². The van der Waals surface area contributed by atoms with Crippen molar-refractivity contribution in [2.45, 2.75) is 19.4 Å². The SMILES string of the molecule is O=C(NCc1cccnc1)C1CCN(c2nc3cccnc3s2)CC1. The first kappa shape index (κ1) is 16.0. The van der Waals surface area contributed by atoms with Crippen molar-refractivity contribution in [1.29, 1.82) is 0 Å². The van der Waals surface area contributed by atoms with Crippen LogP contribution in [0.25, 0.3) is 10.3 Å². The molecule has 0 radical (unpaired) electrons. The predicted octanol–water partition coefficient (Wildman–Crippen LogP) is 2.62. The number of nitrogens with zero attached hydrogens (tertiary/aromatic N) is 4. The fourth-order valence-corrected chi connectivity index (χ4v) is 4.02. The molecule has 0 aliphatic carbocycles. The first-order chi connectivity index (χ1) is 12.3. The maximum atomic E-state index is 12.4. The molecule has 0 spiro atoms. The van der Waals surface area contributed by atoms with Gasteiger partial charge in [0.15, 0.2) is 5.13 Å². The number of carbonyl (C=O) groups excluding carboxylic acids is 1. The normalized spacial score (nSPS) is 15.4. The zero-order valence-corrected chi connectivity index (χ0v) is 14.6. The molecule has 6 nitrogen and oxygen atoms in total. The van der Waals surface area contributed by atoms with Crippen molar-refractivity contribution in [2.24, 2.45) is 5.92 Å². The third-order valence-electron chi connectivity index (χ3n) is 4.48. The molecule has 4 rings (SSSR count). The van der Waals surface area contributed by atoms with Crippen LogP contribution in [0.2, 0.25) is 0 Å². The first-order valence-electron chi connectivity index (χ1n) is 8.43. The standard InChI is InChI=1S/C18H19N5OS/c24-16(21-12-13-3-1-7-19-11-13)14-5-9-23(10-6-14)18-22-15-4-2-8-20-17(15)25-18/h1-4,7-8,11,14H,5-6,9-10,12H2,(H,21,24). The molecule has 0 aromatic carbocycles. The summed E-state index contributed by atoms with van der Waals surface area (Å²) in [6.07, 6.45) is 7.01. The van der Waals surface area contributed by atoms with Crippen molar-refractivity contribution >= 4 is 32.7 Å². The molecule has 1 aliphatic heterocycles. The second kappa shape index (κ2) is 7.14. The van der Waals surface area contributed by atoms with Gasteiger partial charge in [-0.15, -0.1) is 0 Å². The fraction of sp³-hybridized carbons (Fsp3) is 0.333. The lowest BCUT2D eigenvalue weighted by molar-refractivity contribution is -0.125. The molecule has 0 saturated carbocycles. The fourth-order valence-electron chi connectivity index (χ4n) is 3.06. The van der Waals surface area contributed by atoms with E-state index in [0.29, 0.717) is 6.54 Å². The molecule has 1 fully saturated rings. The Balaban J connectivity index is 1.32. The minimum Gasteiger partial charge on any atom is -0.352 e. The summed E-state index contributed by atoms with van der Waals surface area (Å²) in [5.74, 6) is 0.204. The predicted molar refractivity (Wildman–Crippen MR) is 98.4 cm³/mol. The van der Waals surface area contributed by atoms with E-state index in [0.717, 1.165) is 47.0 Å². The number of amides is 1. The van der Waals surface area contributed by atoms with Crippen LogP contribution in [0.5, 0.6) is 0 Å². The summed E-state index contributed by atoms with van der Waals surface area (Å²) in [4.78, 5) is 28.7. The summed E-state index contributed by atoms with van der Waals surface area (Å²) in [7, 11) is 0. The number of piperidine rings is 1. The van der Waals surface area contributed by atoms with E-state index in [-0.39, 0.29) is 11.8 Å². The van der Waals surface area contributed by atoms with Gasteiger partial charge in [0.05, 0.1) is 0 Å². The lowest BCUT2D eigenvalue weighted by Gasteiger charge is -2.30. The van der Waals surface area contributed by atoms with Crippen LogP contribution in [-0.4, -0.2) is 33.9 Å². The summed E-state index contributed by atoms with van der Waals surface area (Å²) in [6, 6.07) is 7.75. The molecule has 1 amide bonds. The number of rotatable bonds is 4. The molecule has 4 heterocycles. The zero-order chi connectivity index (χ0) is 17.1.